The van der Waals surface area contributed by atoms with Crippen LogP contribution in [0.3, 0.4) is 0 Å². The lowest BCUT2D eigenvalue weighted by Crippen LogP contribution is -2.16. The van der Waals surface area contributed by atoms with E-state index in [-0.39, 0.29) is 0 Å². The van der Waals surface area contributed by atoms with Crippen LogP contribution in [0.15, 0.2) is 72.8 Å². The van der Waals surface area contributed by atoms with Crippen LogP contribution in [0.1, 0.15) is 55.6 Å². The summed E-state index contributed by atoms with van der Waals surface area (Å²) in [6.45, 7) is 13.0. The molecule has 0 fully saturated rings. The molecule has 4 rings (SSSR count). The first-order chi connectivity index (χ1) is 16.2. The van der Waals surface area contributed by atoms with Crippen LogP contribution in [0.25, 0.3) is 0 Å². The van der Waals surface area contributed by atoms with Crippen LogP contribution in [-0.2, 0) is 17.4 Å². The normalized spacial score (nSPS) is 11.0. The lowest BCUT2D eigenvalue weighted by molar-refractivity contribution is 0.598. The Labute approximate surface area is 205 Å². The molecule has 0 aliphatic rings. The van der Waals surface area contributed by atoms with Crippen molar-refractivity contribution in [2.24, 2.45) is 0 Å². The molecule has 0 aromatic heterocycles. The molecule has 4 aromatic carbocycles. The molecule has 0 saturated carbocycles. The van der Waals surface area contributed by atoms with E-state index in [0.717, 1.165) is 34.6 Å². The van der Waals surface area contributed by atoms with Crippen LogP contribution in [0.2, 0.25) is 0 Å². The van der Waals surface area contributed by atoms with Gasteiger partial charge in [0.1, 0.15) is 0 Å². The molecular formula is C32H34OP+. The highest BCUT2D eigenvalue weighted by Gasteiger charge is 2.30. The predicted molar refractivity (Wildman–Crippen MR) is 147 cm³/mol. The van der Waals surface area contributed by atoms with E-state index < -0.39 is 7.80 Å². The first-order valence-corrected chi connectivity index (χ1v) is 13.3. The third-order valence-corrected chi connectivity index (χ3v) is 8.58. The van der Waals surface area contributed by atoms with Gasteiger partial charge in [0.05, 0.1) is 0 Å². The number of hydrogen-bond donors (Lipinski definition) is 0. The first-order valence-electron chi connectivity index (χ1n) is 12.0. The zero-order valence-corrected chi connectivity index (χ0v) is 22.1. The summed E-state index contributed by atoms with van der Waals surface area (Å²) in [6.07, 6.45) is 1.60. The van der Waals surface area contributed by atoms with E-state index in [1.54, 1.807) is 0 Å². The minimum atomic E-state index is -1.71. The minimum Gasteiger partial charge on any atom is -0.0617 e. The fourth-order valence-electron chi connectivity index (χ4n) is 5.21. The van der Waals surface area contributed by atoms with Crippen molar-refractivity contribution in [3.8, 4) is 0 Å². The van der Waals surface area contributed by atoms with Crippen molar-refractivity contribution in [1.29, 1.82) is 0 Å². The fourth-order valence-corrected chi connectivity index (χ4v) is 6.74. The van der Waals surface area contributed by atoms with Crippen molar-refractivity contribution < 1.29 is 4.57 Å². The summed E-state index contributed by atoms with van der Waals surface area (Å²) < 4.78 is 14.1. The molecule has 34 heavy (non-hydrogen) atoms. The van der Waals surface area contributed by atoms with Crippen molar-refractivity contribution in [2.75, 3.05) is 0 Å². The van der Waals surface area contributed by atoms with Gasteiger partial charge in [-0.1, -0.05) is 76.4 Å². The van der Waals surface area contributed by atoms with E-state index in [0.29, 0.717) is 0 Å². The van der Waals surface area contributed by atoms with E-state index in [2.05, 4.69) is 90.1 Å². The third kappa shape index (κ3) is 5.06. The number of hydrogen-bond acceptors (Lipinski definition) is 1. The molecule has 0 atom stereocenters. The summed E-state index contributed by atoms with van der Waals surface area (Å²) in [7, 11) is -1.71. The van der Waals surface area contributed by atoms with E-state index in [4.69, 9.17) is 0 Å². The fraction of sp³-hybridized carbons (Fsp3) is 0.250. The second-order valence-corrected chi connectivity index (χ2v) is 11.2. The molecule has 0 unspecified atom stereocenters. The molecule has 172 valence electrons. The first kappa shape index (κ1) is 24.1. The predicted octanol–water partition coefficient (Wildman–Crippen LogP) is 7.50. The second-order valence-electron chi connectivity index (χ2n) is 9.66. The van der Waals surface area contributed by atoms with Crippen molar-refractivity contribution in [3.63, 3.8) is 0 Å². The Balaban J connectivity index is 1.72. The van der Waals surface area contributed by atoms with Gasteiger partial charge in [-0.2, -0.15) is 0 Å². The van der Waals surface area contributed by atoms with Crippen molar-refractivity contribution in [2.45, 2.75) is 54.4 Å². The quantitative estimate of drug-likeness (QED) is 0.270. The van der Waals surface area contributed by atoms with Gasteiger partial charge in [-0.25, -0.2) is 0 Å². The Kier molecular flexibility index (Phi) is 7.15. The maximum atomic E-state index is 14.1. The Hall–Kier alpha value is -3.02. The maximum Gasteiger partial charge on any atom is 0.415 e. The summed E-state index contributed by atoms with van der Waals surface area (Å²) in [4.78, 5) is 0. The minimum absolute atomic E-state index is 0.799. The third-order valence-electron chi connectivity index (χ3n) is 6.84. The van der Waals surface area contributed by atoms with Crippen LogP contribution in [0, 0.1) is 41.5 Å². The van der Waals surface area contributed by atoms with Crippen LogP contribution in [0.5, 0.6) is 0 Å². The molecule has 0 saturated heterocycles. The lowest BCUT2D eigenvalue weighted by atomic mass is 9.94. The average Bonchev–Trinajstić information content (AvgIpc) is 2.78. The summed E-state index contributed by atoms with van der Waals surface area (Å²) in [5, 5.41) is 1.89. The molecule has 1 nitrogen and oxygen atoms in total. The molecule has 0 aliphatic heterocycles. The Bertz CT molecular complexity index is 1230. The zero-order valence-electron chi connectivity index (χ0n) is 21.2. The summed E-state index contributed by atoms with van der Waals surface area (Å²) in [6, 6.07) is 25.5. The van der Waals surface area contributed by atoms with Gasteiger partial charge in [0.15, 0.2) is 10.6 Å². The highest BCUT2D eigenvalue weighted by Crippen LogP contribution is 2.29. The standard InChI is InChI=1S/C32H34OP/c1-21-15-23(3)29(24(4)16-21)19-27-11-7-9-13-31(27)34(33)32-14-10-8-12-28(32)20-30-25(5)17-22(2)18-26(30)6/h7-18H,19-20H2,1-6H3/q+1. The topological polar surface area (TPSA) is 17.1 Å². The Morgan fingerprint density at radius 3 is 1.21 bits per heavy atom. The Morgan fingerprint density at radius 2 is 0.853 bits per heavy atom. The molecule has 0 heterocycles. The number of benzene rings is 4. The van der Waals surface area contributed by atoms with Crippen LogP contribution in [0.4, 0.5) is 0 Å². The average molecular weight is 466 g/mol. The maximum absolute atomic E-state index is 14.1. The van der Waals surface area contributed by atoms with Crippen molar-refractivity contribution >= 4 is 18.4 Å². The molecule has 4 aromatic rings. The monoisotopic (exact) mass is 465 g/mol. The highest BCUT2D eigenvalue weighted by molar-refractivity contribution is 7.61. The summed E-state index contributed by atoms with van der Waals surface area (Å²) >= 11 is 0. The molecular weight excluding hydrogens is 431 g/mol. The molecule has 0 amide bonds. The molecule has 2 heteroatoms. The smallest absolute Gasteiger partial charge is 0.0617 e. The van der Waals surface area contributed by atoms with E-state index in [1.807, 2.05) is 24.3 Å². The van der Waals surface area contributed by atoms with Crippen molar-refractivity contribution in [1.82, 2.24) is 0 Å². The van der Waals surface area contributed by atoms with Gasteiger partial charge in [-0.3, -0.25) is 0 Å². The van der Waals surface area contributed by atoms with Gasteiger partial charge in [0, 0.05) is 24.0 Å². The molecule has 0 aliphatic carbocycles. The second kappa shape index (κ2) is 10.1. The summed E-state index contributed by atoms with van der Waals surface area (Å²) in [5.41, 5.74) is 12.7. The molecule has 0 radical (unpaired) electrons. The summed E-state index contributed by atoms with van der Waals surface area (Å²) in [5.74, 6) is 0. The Morgan fingerprint density at radius 1 is 0.529 bits per heavy atom. The van der Waals surface area contributed by atoms with Crippen LogP contribution < -0.4 is 10.6 Å². The van der Waals surface area contributed by atoms with E-state index >= 15 is 0 Å². The van der Waals surface area contributed by atoms with Crippen molar-refractivity contribution in [3.05, 3.63) is 128 Å². The van der Waals surface area contributed by atoms with Gasteiger partial charge in [-0.15, -0.1) is 0 Å². The van der Waals surface area contributed by atoms with Gasteiger partial charge in [-0.05, 0) is 87.1 Å². The molecule has 0 N–H and O–H groups in total. The van der Waals surface area contributed by atoms with Gasteiger partial charge in [0.2, 0.25) is 0 Å². The van der Waals surface area contributed by atoms with Crippen LogP contribution in [-0.4, -0.2) is 0 Å². The number of rotatable bonds is 6. The lowest BCUT2D eigenvalue weighted by Gasteiger charge is -2.13. The van der Waals surface area contributed by atoms with Crippen LogP contribution >= 0.6 is 7.80 Å². The van der Waals surface area contributed by atoms with Gasteiger partial charge >= 0.3 is 7.80 Å². The van der Waals surface area contributed by atoms with E-state index in [1.165, 1.54) is 44.5 Å². The van der Waals surface area contributed by atoms with E-state index in [9.17, 15) is 4.57 Å². The SMILES string of the molecule is Cc1cc(C)c(Cc2ccccc2[P+](=O)c2ccccc2Cc2c(C)cc(C)cc2C)c(C)c1. The number of aryl methyl sites for hydroxylation is 6. The highest BCUT2D eigenvalue weighted by atomic mass is 31.1. The largest absolute Gasteiger partial charge is 0.415 e. The zero-order chi connectivity index (χ0) is 24.4. The molecule has 0 spiro atoms. The van der Waals surface area contributed by atoms with Gasteiger partial charge in [0.25, 0.3) is 0 Å². The molecule has 0 bridgehead atoms. The van der Waals surface area contributed by atoms with Gasteiger partial charge < -0.3 is 0 Å².